The number of piperidine rings is 2. The molecule has 1 amide bonds. The molecule has 0 radical (unpaired) electrons. The molecular weight excluding hydrogens is 400 g/mol. The number of fused-ring (bicyclic) bond motifs is 2. The third-order valence-electron chi connectivity index (χ3n) is 8.34. The van der Waals surface area contributed by atoms with Crippen LogP contribution in [0.15, 0.2) is 12.4 Å². The predicted molar refractivity (Wildman–Crippen MR) is 127 cm³/mol. The number of hydrogen-bond acceptors (Lipinski definition) is 6. The number of amides is 1. The first-order valence-electron chi connectivity index (χ1n) is 12.8. The minimum absolute atomic E-state index is 0.113. The molecule has 4 aliphatic rings. The second-order valence-electron chi connectivity index (χ2n) is 10.9. The molecule has 4 saturated heterocycles. The molecule has 7 nitrogen and oxygen atoms in total. The number of carbonyl (C=O) groups is 1. The Bertz CT molecular complexity index is 768. The smallest absolute Gasteiger partial charge is 0.225 e. The van der Waals surface area contributed by atoms with Gasteiger partial charge in [-0.3, -0.25) is 4.79 Å². The van der Waals surface area contributed by atoms with Gasteiger partial charge in [-0.05, 0) is 70.1 Å². The van der Waals surface area contributed by atoms with Crippen LogP contribution < -0.4 is 4.90 Å². The summed E-state index contributed by atoms with van der Waals surface area (Å²) < 4.78 is 0. The van der Waals surface area contributed by atoms with Gasteiger partial charge in [0.1, 0.15) is 0 Å². The quantitative estimate of drug-likeness (QED) is 0.717. The summed E-state index contributed by atoms with van der Waals surface area (Å²) in [6.07, 6.45) is 11.4. The van der Waals surface area contributed by atoms with Gasteiger partial charge in [-0.25, -0.2) is 9.97 Å². The molecule has 5 heterocycles. The van der Waals surface area contributed by atoms with E-state index < -0.39 is 0 Å². The molecule has 1 aromatic rings. The topological polar surface area (TPSA) is 55.8 Å². The SMILES string of the molecule is CC(C)C(=O)N1CCC(N2CCC(c3cnc(N4C5CCC4CN(C)C5)nc3)CC2)CC1. The van der Waals surface area contributed by atoms with Crippen LogP contribution in [0.1, 0.15) is 63.9 Å². The Morgan fingerprint density at radius 1 is 0.875 bits per heavy atom. The summed E-state index contributed by atoms with van der Waals surface area (Å²) in [5, 5.41) is 0. The van der Waals surface area contributed by atoms with Gasteiger partial charge in [-0.15, -0.1) is 0 Å². The summed E-state index contributed by atoms with van der Waals surface area (Å²) in [5.41, 5.74) is 1.31. The number of carbonyl (C=O) groups excluding carboxylic acids is 1. The van der Waals surface area contributed by atoms with Crippen molar-refractivity contribution in [1.29, 1.82) is 0 Å². The van der Waals surface area contributed by atoms with Crippen LogP contribution in [-0.2, 0) is 4.79 Å². The lowest BCUT2D eigenvalue weighted by atomic mass is 9.89. The zero-order valence-corrected chi connectivity index (χ0v) is 20.1. The molecule has 0 aliphatic carbocycles. The number of nitrogens with zero attached hydrogens (tertiary/aromatic N) is 6. The predicted octanol–water partition coefficient (Wildman–Crippen LogP) is 2.59. The van der Waals surface area contributed by atoms with Crippen molar-refractivity contribution >= 4 is 11.9 Å². The van der Waals surface area contributed by atoms with Gasteiger partial charge in [0.15, 0.2) is 0 Å². The van der Waals surface area contributed by atoms with Crippen LogP contribution in [0.25, 0.3) is 0 Å². The lowest BCUT2D eigenvalue weighted by Gasteiger charge is -2.42. The first-order chi connectivity index (χ1) is 15.5. The largest absolute Gasteiger partial charge is 0.342 e. The van der Waals surface area contributed by atoms with E-state index in [0.717, 1.165) is 58.1 Å². The summed E-state index contributed by atoms with van der Waals surface area (Å²) >= 11 is 0. The van der Waals surface area contributed by atoms with Gasteiger partial charge in [0.2, 0.25) is 11.9 Å². The van der Waals surface area contributed by atoms with E-state index in [1.807, 2.05) is 13.8 Å². The zero-order valence-electron chi connectivity index (χ0n) is 20.1. The number of hydrogen-bond donors (Lipinski definition) is 0. The Kier molecular flexibility index (Phi) is 6.39. The number of likely N-dealkylation sites (tertiary alicyclic amines) is 3. The average Bonchev–Trinajstić information content (AvgIpc) is 3.09. The molecule has 5 rings (SSSR count). The van der Waals surface area contributed by atoms with Gasteiger partial charge in [0, 0.05) is 62.6 Å². The van der Waals surface area contributed by atoms with Crippen LogP contribution in [0, 0.1) is 5.92 Å². The van der Waals surface area contributed by atoms with Gasteiger partial charge in [0.05, 0.1) is 0 Å². The van der Waals surface area contributed by atoms with Crippen molar-refractivity contribution in [2.45, 2.75) is 76.4 Å². The molecule has 0 saturated carbocycles. The molecule has 0 spiro atoms. The Morgan fingerprint density at radius 3 is 2.03 bits per heavy atom. The lowest BCUT2D eigenvalue weighted by molar-refractivity contribution is -0.136. The van der Waals surface area contributed by atoms with E-state index in [9.17, 15) is 4.79 Å². The van der Waals surface area contributed by atoms with Crippen molar-refractivity contribution in [3.63, 3.8) is 0 Å². The molecule has 2 bridgehead atoms. The molecule has 7 heteroatoms. The second-order valence-corrected chi connectivity index (χ2v) is 10.9. The molecule has 0 N–H and O–H groups in total. The number of likely N-dealkylation sites (N-methyl/N-ethyl adjacent to an activating group) is 1. The number of rotatable bonds is 4. The first kappa shape index (κ1) is 22.1. The minimum Gasteiger partial charge on any atom is -0.342 e. The molecule has 4 fully saturated rings. The molecule has 1 aromatic heterocycles. The van der Waals surface area contributed by atoms with Crippen LogP contribution in [0.5, 0.6) is 0 Å². The Hall–Kier alpha value is -1.73. The van der Waals surface area contributed by atoms with Crippen LogP contribution in [0.2, 0.25) is 0 Å². The van der Waals surface area contributed by atoms with Gasteiger partial charge < -0.3 is 19.6 Å². The highest BCUT2D eigenvalue weighted by atomic mass is 16.2. The number of aromatic nitrogens is 2. The maximum Gasteiger partial charge on any atom is 0.225 e. The fraction of sp³-hybridized carbons (Fsp3) is 0.800. The summed E-state index contributed by atoms with van der Waals surface area (Å²) in [6, 6.07) is 1.80. The van der Waals surface area contributed by atoms with E-state index >= 15 is 0 Å². The number of piperazine rings is 1. The highest BCUT2D eigenvalue weighted by molar-refractivity contribution is 5.78. The monoisotopic (exact) mass is 440 g/mol. The molecule has 2 unspecified atom stereocenters. The van der Waals surface area contributed by atoms with Gasteiger partial charge in [0.25, 0.3) is 0 Å². The maximum atomic E-state index is 12.3. The summed E-state index contributed by atoms with van der Waals surface area (Å²) in [7, 11) is 2.23. The molecule has 176 valence electrons. The van der Waals surface area contributed by atoms with E-state index in [1.54, 1.807) is 0 Å². The second kappa shape index (κ2) is 9.26. The number of anilines is 1. The van der Waals surface area contributed by atoms with Crippen molar-refractivity contribution in [3.05, 3.63) is 18.0 Å². The summed E-state index contributed by atoms with van der Waals surface area (Å²) in [4.78, 5) is 31.6. The molecule has 2 atom stereocenters. The van der Waals surface area contributed by atoms with Crippen molar-refractivity contribution in [3.8, 4) is 0 Å². The van der Waals surface area contributed by atoms with Crippen LogP contribution in [0.3, 0.4) is 0 Å². The van der Waals surface area contributed by atoms with Crippen molar-refractivity contribution < 1.29 is 4.79 Å². The van der Waals surface area contributed by atoms with E-state index in [0.29, 0.717) is 30.0 Å². The standard InChI is InChI=1S/C25H40N6O/c1-18(2)24(32)30-12-8-21(9-13-30)29-10-6-19(7-11-29)20-14-26-25(27-15-20)31-22-4-5-23(31)17-28(3)16-22/h14-15,18-19,21-23H,4-13,16-17H2,1-3H3. The highest BCUT2D eigenvalue weighted by Crippen LogP contribution is 2.34. The normalized spacial score (nSPS) is 28.6. The van der Waals surface area contributed by atoms with Crippen molar-refractivity contribution in [1.82, 2.24) is 24.7 Å². The van der Waals surface area contributed by atoms with Crippen molar-refractivity contribution in [2.24, 2.45) is 5.92 Å². The highest BCUT2D eigenvalue weighted by Gasteiger charge is 2.40. The van der Waals surface area contributed by atoms with E-state index in [4.69, 9.17) is 9.97 Å². The van der Waals surface area contributed by atoms with Crippen LogP contribution in [-0.4, -0.2) is 95.0 Å². The first-order valence-corrected chi connectivity index (χ1v) is 12.8. The fourth-order valence-corrected chi connectivity index (χ4v) is 6.53. The van der Waals surface area contributed by atoms with Gasteiger partial charge >= 0.3 is 0 Å². The zero-order chi connectivity index (χ0) is 22.2. The van der Waals surface area contributed by atoms with Crippen molar-refractivity contribution in [2.75, 3.05) is 51.2 Å². The molecule has 0 aromatic carbocycles. The van der Waals surface area contributed by atoms with E-state index in [-0.39, 0.29) is 5.92 Å². The average molecular weight is 441 g/mol. The third kappa shape index (κ3) is 4.38. The van der Waals surface area contributed by atoms with E-state index in [1.165, 1.54) is 31.2 Å². The van der Waals surface area contributed by atoms with Crippen LogP contribution >= 0.6 is 0 Å². The van der Waals surface area contributed by atoms with E-state index in [2.05, 4.69) is 39.0 Å². The fourth-order valence-electron chi connectivity index (χ4n) is 6.53. The molecular formula is C25H40N6O. The Labute approximate surface area is 193 Å². The molecule has 4 aliphatic heterocycles. The van der Waals surface area contributed by atoms with Gasteiger partial charge in [-0.1, -0.05) is 13.8 Å². The summed E-state index contributed by atoms with van der Waals surface area (Å²) in [6.45, 7) is 10.4. The maximum absolute atomic E-state index is 12.3. The lowest BCUT2D eigenvalue weighted by Crippen LogP contribution is -2.53. The van der Waals surface area contributed by atoms with Gasteiger partial charge in [-0.2, -0.15) is 0 Å². The molecule has 32 heavy (non-hydrogen) atoms. The Balaban J connectivity index is 1.12. The van der Waals surface area contributed by atoms with Crippen LogP contribution in [0.4, 0.5) is 5.95 Å². The third-order valence-corrected chi connectivity index (χ3v) is 8.34. The minimum atomic E-state index is 0.113. The summed E-state index contributed by atoms with van der Waals surface area (Å²) in [5.74, 6) is 1.94. The Morgan fingerprint density at radius 2 is 1.47 bits per heavy atom.